The predicted molar refractivity (Wildman–Crippen MR) is 74.7 cm³/mol. The minimum absolute atomic E-state index is 0.115. The quantitative estimate of drug-likeness (QED) is 0.890. The molecule has 0 bridgehead atoms. The number of piperazine rings is 1. The van der Waals surface area contributed by atoms with Crippen LogP contribution in [0.1, 0.15) is 10.4 Å². The molecule has 1 aliphatic heterocycles. The van der Waals surface area contributed by atoms with Crippen LogP contribution >= 0.6 is 0 Å². The van der Waals surface area contributed by atoms with Crippen molar-refractivity contribution in [1.82, 2.24) is 9.80 Å². The lowest BCUT2D eigenvalue weighted by molar-refractivity contribution is -0.274. The van der Waals surface area contributed by atoms with Gasteiger partial charge < -0.3 is 20.3 Å². The Balaban J connectivity index is 2.09. The minimum atomic E-state index is -4.87. The number of carbonyl (C=O) groups excluding carboxylic acids is 2. The van der Waals surface area contributed by atoms with Crippen LogP contribution in [0.25, 0.3) is 0 Å². The van der Waals surface area contributed by atoms with Gasteiger partial charge in [-0.2, -0.15) is 0 Å². The van der Waals surface area contributed by atoms with Gasteiger partial charge in [0, 0.05) is 26.2 Å². The third kappa shape index (κ3) is 4.35. The van der Waals surface area contributed by atoms with E-state index in [1.165, 1.54) is 28.0 Å². The molecule has 2 amide bonds. The molecule has 0 atom stereocenters. The smallest absolute Gasteiger partial charge is 0.405 e. The fraction of sp³-hybridized carbons (Fsp3) is 0.429. The summed E-state index contributed by atoms with van der Waals surface area (Å²) in [5, 5.41) is 0. The van der Waals surface area contributed by atoms with Crippen molar-refractivity contribution in [2.24, 2.45) is 5.73 Å². The van der Waals surface area contributed by atoms with Gasteiger partial charge in [0.05, 0.1) is 12.1 Å². The third-order valence-corrected chi connectivity index (χ3v) is 3.44. The van der Waals surface area contributed by atoms with Crippen LogP contribution < -0.4 is 10.5 Å². The normalized spacial score (nSPS) is 15.5. The molecule has 2 N–H and O–H groups in total. The highest BCUT2D eigenvalue weighted by Gasteiger charge is 2.34. The molecule has 0 unspecified atom stereocenters. The first kappa shape index (κ1) is 17.1. The Hall–Kier alpha value is -2.29. The number of para-hydroxylation sites is 1. The maximum atomic E-state index is 12.4. The van der Waals surface area contributed by atoms with Crippen LogP contribution in [0.2, 0.25) is 0 Å². The first-order valence-electron chi connectivity index (χ1n) is 6.93. The van der Waals surface area contributed by atoms with Gasteiger partial charge in [0.25, 0.3) is 5.91 Å². The van der Waals surface area contributed by atoms with E-state index >= 15 is 0 Å². The molecule has 0 aliphatic carbocycles. The Kier molecular flexibility index (Phi) is 5.09. The molecule has 2 rings (SSSR count). The number of nitrogens with zero attached hydrogens (tertiary/aromatic N) is 2. The third-order valence-electron chi connectivity index (χ3n) is 3.44. The van der Waals surface area contributed by atoms with Gasteiger partial charge in [-0.25, -0.2) is 0 Å². The Morgan fingerprint density at radius 1 is 1.09 bits per heavy atom. The van der Waals surface area contributed by atoms with Gasteiger partial charge in [-0.15, -0.1) is 13.2 Å². The van der Waals surface area contributed by atoms with Gasteiger partial charge in [-0.1, -0.05) is 12.1 Å². The molecule has 0 aromatic heterocycles. The SMILES string of the molecule is NCC(=O)N1CCN(C(=O)c2ccccc2OC(F)(F)F)CC1. The average molecular weight is 331 g/mol. The number of amides is 2. The second-order valence-electron chi connectivity index (χ2n) is 4.92. The predicted octanol–water partition coefficient (Wildman–Crippen LogP) is 0.828. The lowest BCUT2D eigenvalue weighted by Gasteiger charge is -2.34. The topological polar surface area (TPSA) is 75.9 Å². The number of ether oxygens (including phenoxy) is 1. The second-order valence-corrected chi connectivity index (χ2v) is 4.92. The van der Waals surface area contributed by atoms with Crippen LogP contribution in [0.15, 0.2) is 24.3 Å². The maximum absolute atomic E-state index is 12.4. The van der Waals surface area contributed by atoms with Crippen LogP contribution in [0.5, 0.6) is 5.75 Å². The highest BCUT2D eigenvalue weighted by molar-refractivity contribution is 5.97. The highest BCUT2D eigenvalue weighted by atomic mass is 19.4. The van der Waals surface area contributed by atoms with Crippen molar-refractivity contribution in [2.75, 3.05) is 32.7 Å². The summed E-state index contributed by atoms with van der Waals surface area (Å²) >= 11 is 0. The number of halogens is 3. The summed E-state index contributed by atoms with van der Waals surface area (Å²) in [5.74, 6) is -1.33. The number of alkyl halides is 3. The van der Waals surface area contributed by atoms with Gasteiger partial charge in [0.15, 0.2) is 0 Å². The number of nitrogens with two attached hydrogens (primary N) is 1. The summed E-state index contributed by atoms with van der Waals surface area (Å²) in [7, 11) is 0. The zero-order chi connectivity index (χ0) is 17.0. The van der Waals surface area contributed by atoms with E-state index in [1.54, 1.807) is 0 Å². The van der Waals surface area contributed by atoms with E-state index in [9.17, 15) is 22.8 Å². The van der Waals surface area contributed by atoms with Gasteiger partial charge in [0.1, 0.15) is 5.75 Å². The summed E-state index contributed by atoms with van der Waals surface area (Å²) in [4.78, 5) is 26.8. The lowest BCUT2D eigenvalue weighted by atomic mass is 10.1. The Morgan fingerprint density at radius 3 is 2.22 bits per heavy atom. The van der Waals surface area contributed by atoms with Crippen molar-refractivity contribution in [3.63, 3.8) is 0 Å². The molecule has 1 aliphatic rings. The molecule has 1 heterocycles. The number of benzene rings is 1. The van der Waals surface area contributed by atoms with Gasteiger partial charge >= 0.3 is 6.36 Å². The molecule has 0 radical (unpaired) electrons. The van der Waals surface area contributed by atoms with Crippen molar-refractivity contribution < 1.29 is 27.5 Å². The molecule has 23 heavy (non-hydrogen) atoms. The summed E-state index contributed by atoms with van der Waals surface area (Å²) in [5.41, 5.74) is 5.11. The Bertz CT molecular complexity index is 584. The monoisotopic (exact) mass is 331 g/mol. The molecule has 0 saturated carbocycles. The Labute approximate surface area is 130 Å². The second kappa shape index (κ2) is 6.86. The van der Waals surface area contributed by atoms with E-state index < -0.39 is 18.0 Å². The van der Waals surface area contributed by atoms with E-state index in [0.717, 1.165) is 6.07 Å². The van der Waals surface area contributed by atoms with Crippen LogP contribution in [0.3, 0.4) is 0 Å². The molecular weight excluding hydrogens is 315 g/mol. The van der Waals surface area contributed by atoms with Crippen LogP contribution in [-0.4, -0.2) is 60.7 Å². The maximum Gasteiger partial charge on any atom is 0.573 e. The van der Waals surface area contributed by atoms with Crippen molar-refractivity contribution >= 4 is 11.8 Å². The number of carbonyl (C=O) groups is 2. The lowest BCUT2D eigenvalue weighted by Crippen LogP contribution is -2.52. The van der Waals surface area contributed by atoms with Crippen molar-refractivity contribution in [1.29, 1.82) is 0 Å². The van der Waals surface area contributed by atoms with E-state index in [0.29, 0.717) is 13.1 Å². The van der Waals surface area contributed by atoms with Gasteiger partial charge in [-0.05, 0) is 12.1 Å². The van der Waals surface area contributed by atoms with E-state index in [-0.39, 0.29) is 31.1 Å². The molecule has 9 heteroatoms. The van der Waals surface area contributed by atoms with E-state index in [1.807, 2.05) is 0 Å². The molecule has 1 aromatic carbocycles. The standard InChI is InChI=1S/C14H16F3N3O3/c15-14(16,17)23-11-4-2-1-3-10(11)13(22)20-7-5-19(6-8-20)12(21)9-18/h1-4H,5-9,18H2. The van der Waals surface area contributed by atoms with Crippen LogP contribution in [0.4, 0.5) is 13.2 Å². The first-order chi connectivity index (χ1) is 10.8. The van der Waals surface area contributed by atoms with E-state index in [4.69, 9.17) is 5.73 Å². The molecule has 1 fully saturated rings. The number of hydrogen-bond acceptors (Lipinski definition) is 4. The fourth-order valence-corrected chi connectivity index (χ4v) is 2.32. The van der Waals surface area contributed by atoms with Gasteiger partial charge in [-0.3, -0.25) is 9.59 Å². The van der Waals surface area contributed by atoms with Crippen molar-refractivity contribution in [3.8, 4) is 5.75 Å². The first-order valence-corrected chi connectivity index (χ1v) is 6.93. The fourth-order valence-electron chi connectivity index (χ4n) is 2.32. The summed E-state index contributed by atoms with van der Waals surface area (Å²) < 4.78 is 41.1. The molecule has 1 saturated heterocycles. The summed E-state index contributed by atoms with van der Waals surface area (Å²) in [6, 6.07) is 5.19. The largest absolute Gasteiger partial charge is 0.573 e. The van der Waals surface area contributed by atoms with Crippen molar-refractivity contribution in [3.05, 3.63) is 29.8 Å². The number of rotatable bonds is 3. The summed E-state index contributed by atoms with van der Waals surface area (Å²) in [6.45, 7) is 0.931. The molecule has 0 spiro atoms. The molecular formula is C14H16F3N3O3. The average Bonchev–Trinajstić information content (AvgIpc) is 2.52. The van der Waals surface area contributed by atoms with Crippen LogP contribution in [0, 0.1) is 0 Å². The minimum Gasteiger partial charge on any atom is -0.405 e. The zero-order valence-corrected chi connectivity index (χ0v) is 12.2. The van der Waals surface area contributed by atoms with Crippen molar-refractivity contribution in [2.45, 2.75) is 6.36 Å². The van der Waals surface area contributed by atoms with E-state index in [2.05, 4.69) is 4.74 Å². The molecule has 126 valence electrons. The molecule has 6 nitrogen and oxygen atoms in total. The highest BCUT2D eigenvalue weighted by Crippen LogP contribution is 2.27. The van der Waals surface area contributed by atoms with Crippen LogP contribution in [-0.2, 0) is 4.79 Å². The zero-order valence-electron chi connectivity index (χ0n) is 12.2. The molecule has 1 aromatic rings. The summed E-state index contributed by atoms with van der Waals surface area (Å²) in [6.07, 6.45) is -4.87. The van der Waals surface area contributed by atoms with Gasteiger partial charge in [0.2, 0.25) is 5.91 Å². The number of hydrogen-bond donors (Lipinski definition) is 1. The Morgan fingerprint density at radius 2 is 1.65 bits per heavy atom.